The van der Waals surface area contributed by atoms with Crippen molar-refractivity contribution in [2.75, 3.05) is 23.7 Å². The lowest BCUT2D eigenvalue weighted by atomic mass is 10.0. The van der Waals surface area contributed by atoms with E-state index >= 15 is 0 Å². The molecule has 0 saturated carbocycles. The average molecular weight is 359 g/mol. The van der Waals surface area contributed by atoms with E-state index in [2.05, 4.69) is 55.8 Å². The number of rotatable bonds is 6. The first-order chi connectivity index (χ1) is 13.3. The third kappa shape index (κ3) is 5.05. The van der Waals surface area contributed by atoms with Crippen LogP contribution in [0.25, 0.3) is 0 Å². The van der Waals surface area contributed by atoms with Crippen LogP contribution in [0.15, 0.2) is 73.1 Å². The van der Waals surface area contributed by atoms with Gasteiger partial charge in [-0.1, -0.05) is 48.5 Å². The second kappa shape index (κ2) is 8.64. The number of hydrogen-bond donors (Lipinski definition) is 2. The first-order valence-corrected chi connectivity index (χ1v) is 9.52. The molecule has 0 radical (unpaired) electrons. The normalized spacial score (nSPS) is 15.4. The molecule has 0 amide bonds. The standard InChI is InChI=1S/C22H25N5/c1-3-7-18(8-4-1)16-27-13-11-20(12-14-27)26-22-15-21(23-17-24-22)25-19-9-5-2-6-10-19/h1-10,15,17,20H,11-14,16H2,(H2,23,24,25,26). The Kier molecular flexibility index (Phi) is 5.60. The summed E-state index contributed by atoms with van der Waals surface area (Å²) in [6.45, 7) is 3.24. The van der Waals surface area contributed by atoms with Crippen molar-refractivity contribution in [1.82, 2.24) is 14.9 Å². The minimum Gasteiger partial charge on any atom is -0.367 e. The van der Waals surface area contributed by atoms with Crippen molar-refractivity contribution in [2.24, 2.45) is 0 Å². The molecular weight excluding hydrogens is 334 g/mol. The molecule has 3 aromatic rings. The third-order valence-electron chi connectivity index (χ3n) is 4.90. The fraction of sp³-hybridized carbons (Fsp3) is 0.273. The van der Waals surface area contributed by atoms with Crippen LogP contribution in [0.2, 0.25) is 0 Å². The Morgan fingerprint density at radius 2 is 1.52 bits per heavy atom. The molecule has 1 saturated heterocycles. The van der Waals surface area contributed by atoms with Crippen molar-refractivity contribution in [3.8, 4) is 0 Å². The predicted molar refractivity (Wildman–Crippen MR) is 110 cm³/mol. The van der Waals surface area contributed by atoms with Gasteiger partial charge in [0.15, 0.2) is 0 Å². The van der Waals surface area contributed by atoms with E-state index in [1.54, 1.807) is 6.33 Å². The first kappa shape index (κ1) is 17.5. The lowest BCUT2D eigenvalue weighted by Crippen LogP contribution is -2.38. The molecule has 27 heavy (non-hydrogen) atoms. The van der Waals surface area contributed by atoms with Crippen LogP contribution in [0.4, 0.5) is 17.3 Å². The maximum absolute atomic E-state index is 4.39. The number of benzene rings is 2. The van der Waals surface area contributed by atoms with E-state index in [1.807, 2.05) is 36.4 Å². The number of nitrogens with zero attached hydrogens (tertiary/aromatic N) is 3. The molecule has 0 bridgehead atoms. The Hall–Kier alpha value is -2.92. The van der Waals surface area contributed by atoms with Crippen LogP contribution in [-0.4, -0.2) is 34.0 Å². The third-order valence-corrected chi connectivity index (χ3v) is 4.90. The van der Waals surface area contributed by atoms with Crippen molar-refractivity contribution < 1.29 is 0 Å². The van der Waals surface area contributed by atoms with Gasteiger partial charge >= 0.3 is 0 Å². The zero-order chi connectivity index (χ0) is 18.3. The van der Waals surface area contributed by atoms with Gasteiger partial charge in [-0.05, 0) is 30.5 Å². The second-order valence-corrected chi connectivity index (χ2v) is 6.96. The lowest BCUT2D eigenvalue weighted by Gasteiger charge is -2.32. The summed E-state index contributed by atoms with van der Waals surface area (Å²) >= 11 is 0. The highest BCUT2D eigenvalue weighted by molar-refractivity contribution is 5.58. The highest BCUT2D eigenvalue weighted by Crippen LogP contribution is 2.20. The van der Waals surface area contributed by atoms with Crippen molar-refractivity contribution in [3.63, 3.8) is 0 Å². The van der Waals surface area contributed by atoms with Gasteiger partial charge in [-0.15, -0.1) is 0 Å². The average Bonchev–Trinajstić information content (AvgIpc) is 2.71. The van der Waals surface area contributed by atoms with Crippen LogP contribution in [0.1, 0.15) is 18.4 Å². The molecule has 0 aliphatic carbocycles. The van der Waals surface area contributed by atoms with Gasteiger partial charge in [0.1, 0.15) is 18.0 Å². The Balaban J connectivity index is 1.29. The van der Waals surface area contributed by atoms with Crippen LogP contribution in [0, 0.1) is 0 Å². The molecule has 5 nitrogen and oxygen atoms in total. The van der Waals surface area contributed by atoms with Crippen LogP contribution in [0.5, 0.6) is 0 Å². The van der Waals surface area contributed by atoms with Gasteiger partial charge in [0.05, 0.1) is 0 Å². The van der Waals surface area contributed by atoms with Crippen molar-refractivity contribution in [1.29, 1.82) is 0 Å². The molecule has 1 aliphatic rings. The molecule has 138 valence electrons. The molecule has 5 heteroatoms. The fourth-order valence-corrected chi connectivity index (χ4v) is 3.46. The van der Waals surface area contributed by atoms with Gasteiger partial charge in [0.2, 0.25) is 0 Å². The van der Waals surface area contributed by atoms with Crippen molar-refractivity contribution in [3.05, 3.63) is 78.6 Å². The second-order valence-electron chi connectivity index (χ2n) is 6.96. The summed E-state index contributed by atoms with van der Waals surface area (Å²) in [5.41, 5.74) is 2.41. The van der Waals surface area contributed by atoms with E-state index in [9.17, 15) is 0 Å². The zero-order valence-electron chi connectivity index (χ0n) is 15.4. The van der Waals surface area contributed by atoms with E-state index in [0.29, 0.717) is 6.04 Å². The molecule has 2 aromatic carbocycles. The Bertz CT molecular complexity index is 830. The highest BCUT2D eigenvalue weighted by atomic mass is 15.2. The molecule has 1 aliphatic heterocycles. The number of piperidine rings is 1. The Labute approximate surface area is 160 Å². The van der Waals surface area contributed by atoms with Crippen molar-refractivity contribution >= 4 is 17.3 Å². The van der Waals surface area contributed by atoms with Crippen LogP contribution in [-0.2, 0) is 6.54 Å². The molecule has 2 N–H and O–H groups in total. The van der Waals surface area contributed by atoms with Gasteiger partial charge in [-0.25, -0.2) is 9.97 Å². The molecule has 4 rings (SSSR count). The van der Waals surface area contributed by atoms with E-state index in [4.69, 9.17) is 0 Å². The minimum absolute atomic E-state index is 0.455. The Morgan fingerprint density at radius 1 is 0.852 bits per heavy atom. The topological polar surface area (TPSA) is 53.1 Å². The maximum Gasteiger partial charge on any atom is 0.135 e. The highest BCUT2D eigenvalue weighted by Gasteiger charge is 2.19. The van der Waals surface area contributed by atoms with Gasteiger partial charge in [-0.3, -0.25) is 4.90 Å². The Morgan fingerprint density at radius 3 is 2.26 bits per heavy atom. The maximum atomic E-state index is 4.39. The molecule has 0 unspecified atom stereocenters. The number of nitrogens with one attached hydrogen (secondary N) is 2. The van der Waals surface area contributed by atoms with E-state index < -0.39 is 0 Å². The van der Waals surface area contributed by atoms with Gasteiger partial charge < -0.3 is 10.6 Å². The monoisotopic (exact) mass is 359 g/mol. The minimum atomic E-state index is 0.455. The van der Waals surface area contributed by atoms with Crippen LogP contribution in [0.3, 0.4) is 0 Å². The summed E-state index contributed by atoms with van der Waals surface area (Å²) in [4.78, 5) is 11.2. The predicted octanol–water partition coefficient (Wildman–Crippen LogP) is 4.30. The number of likely N-dealkylation sites (tertiary alicyclic amines) is 1. The van der Waals surface area contributed by atoms with Crippen LogP contribution < -0.4 is 10.6 Å². The number of anilines is 3. The van der Waals surface area contributed by atoms with E-state index in [0.717, 1.165) is 49.8 Å². The van der Waals surface area contributed by atoms with Crippen molar-refractivity contribution in [2.45, 2.75) is 25.4 Å². The van der Waals surface area contributed by atoms with Gasteiger partial charge in [0, 0.05) is 37.4 Å². The van der Waals surface area contributed by atoms with Gasteiger partial charge in [-0.2, -0.15) is 0 Å². The largest absolute Gasteiger partial charge is 0.367 e. The quantitative estimate of drug-likeness (QED) is 0.687. The molecule has 1 fully saturated rings. The smallest absolute Gasteiger partial charge is 0.135 e. The molecule has 0 atom stereocenters. The van der Waals surface area contributed by atoms with Gasteiger partial charge in [0.25, 0.3) is 0 Å². The summed E-state index contributed by atoms with van der Waals surface area (Å²) in [5, 5.41) is 6.89. The summed E-state index contributed by atoms with van der Waals surface area (Å²) in [6, 6.07) is 23.2. The summed E-state index contributed by atoms with van der Waals surface area (Å²) < 4.78 is 0. The molecule has 1 aromatic heterocycles. The molecule has 0 spiro atoms. The summed E-state index contributed by atoms with van der Waals surface area (Å²) in [7, 11) is 0. The first-order valence-electron chi connectivity index (χ1n) is 9.52. The number of para-hydroxylation sites is 1. The zero-order valence-corrected chi connectivity index (χ0v) is 15.4. The number of hydrogen-bond acceptors (Lipinski definition) is 5. The SMILES string of the molecule is c1ccc(CN2CCC(Nc3cc(Nc4ccccc4)ncn3)CC2)cc1. The van der Waals surface area contributed by atoms with E-state index in [-0.39, 0.29) is 0 Å². The fourth-order valence-electron chi connectivity index (χ4n) is 3.46. The molecule has 2 heterocycles. The summed E-state index contributed by atoms with van der Waals surface area (Å²) in [5.74, 6) is 1.69. The molecular formula is C22H25N5. The number of aromatic nitrogens is 2. The van der Waals surface area contributed by atoms with Crippen LogP contribution >= 0.6 is 0 Å². The summed E-state index contributed by atoms with van der Waals surface area (Å²) in [6.07, 6.45) is 3.86. The lowest BCUT2D eigenvalue weighted by molar-refractivity contribution is 0.211. The van der Waals surface area contributed by atoms with E-state index in [1.165, 1.54) is 5.56 Å².